The van der Waals surface area contributed by atoms with Crippen molar-refractivity contribution in [3.05, 3.63) is 35.9 Å². The highest BCUT2D eigenvalue weighted by atomic mass is 16.5. The largest absolute Gasteiger partial charge is 0.463 e. The predicted molar refractivity (Wildman–Crippen MR) is 158 cm³/mol. The van der Waals surface area contributed by atoms with Crippen molar-refractivity contribution in [1.82, 2.24) is 4.90 Å². The van der Waals surface area contributed by atoms with Crippen LogP contribution in [0.15, 0.2) is 30.3 Å². The van der Waals surface area contributed by atoms with Crippen LogP contribution in [-0.2, 0) is 28.7 Å². The topological polar surface area (TPSA) is 97.8 Å². The Kier molecular flexibility index (Phi) is 11.9. The van der Waals surface area contributed by atoms with Crippen LogP contribution < -0.4 is 0 Å². The molecule has 41 heavy (non-hydrogen) atoms. The van der Waals surface area contributed by atoms with Gasteiger partial charge in [-0.05, 0) is 62.3 Å². The zero-order chi connectivity index (χ0) is 30.3. The lowest BCUT2D eigenvalue weighted by Gasteiger charge is -2.32. The van der Waals surface area contributed by atoms with E-state index in [4.69, 9.17) is 4.74 Å². The van der Waals surface area contributed by atoms with Crippen molar-refractivity contribution in [2.24, 2.45) is 29.6 Å². The van der Waals surface area contributed by atoms with Crippen LogP contribution >= 0.6 is 0 Å². The van der Waals surface area contributed by atoms with Gasteiger partial charge in [-0.2, -0.15) is 0 Å². The van der Waals surface area contributed by atoms with Gasteiger partial charge in [0.2, 0.25) is 11.7 Å². The number of ether oxygens (including phenoxy) is 1. The van der Waals surface area contributed by atoms with Gasteiger partial charge in [-0.25, -0.2) is 0 Å². The zero-order valence-corrected chi connectivity index (χ0v) is 25.8. The molecule has 0 spiro atoms. The van der Waals surface area contributed by atoms with Crippen LogP contribution in [0.2, 0.25) is 0 Å². The van der Waals surface area contributed by atoms with E-state index in [1.54, 1.807) is 18.7 Å². The Hall–Kier alpha value is -2.83. The van der Waals surface area contributed by atoms with Gasteiger partial charge < -0.3 is 9.64 Å². The van der Waals surface area contributed by atoms with E-state index in [-0.39, 0.29) is 60.7 Å². The molecule has 0 bridgehead atoms. The molecule has 1 heterocycles. The number of benzene rings is 1. The molecule has 7 heteroatoms. The smallest absolute Gasteiger partial charge is 0.306 e. The summed E-state index contributed by atoms with van der Waals surface area (Å²) in [4.78, 5) is 68.5. The summed E-state index contributed by atoms with van der Waals surface area (Å²) in [6, 6.07) is 9.04. The Bertz CT molecular complexity index is 1080. The van der Waals surface area contributed by atoms with E-state index in [0.29, 0.717) is 19.4 Å². The number of carbonyl (C=O) groups is 5. The van der Waals surface area contributed by atoms with Crippen LogP contribution in [0.5, 0.6) is 0 Å². The van der Waals surface area contributed by atoms with E-state index in [0.717, 1.165) is 24.8 Å². The van der Waals surface area contributed by atoms with Crippen LogP contribution in [0.1, 0.15) is 104 Å². The van der Waals surface area contributed by atoms with Gasteiger partial charge >= 0.3 is 5.97 Å². The van der Waals surface area contributed by atoms with Crippen LogP contribution in [0.25, 0.3) is 0 Å². The second-order valence-electron chi connectivity index (χ2n) is 12.8. The van der Waals surface area contributed by atoms with E-state index in [9.17, 15) is 24.0 Å². The molecule has 1 unspecified atom stereocenters. The average molecular weight is 568 g/mol. The van der Waals surface area contributed by atoms with Gasteiger partial charge in [0.25, 0.3) is 0 Å². The number of fused-ring (bicyclic) bond motifs is 1. The number of rotatable bonds is 15. The first-order valence-electron chi connectivity index (χ1n) is 15.6. The monoisotopic (exact) mass is 567 g/mol. The maximum atomic E-state index is 14.0. The van der Waals surface area contributed by atoms with Gasteiger partial charge in [0.15, 0.2) is 11.6 Å². The average Bonchev–Trinajstić information content (AvgIpc) is 3.52. The second-order valence-corrected chi connectivity index (χ2v) is 12.8. The number of esters is 1. The minimum Gasteiger partial charge on any atom is -0.463 e. The lowest BCUT2D eigenvalue weighted by atomic mass is 9.82. The molecule has 1 aromatic rings. The molecule has 1 saturated carbocycles. The minimum atomic E-state index is -0.678. The summed E-state index contributed by atoms with van der Waals surface area (Å²) in [5, 5.41) is 0. The highest BCUT2D eigenvalue weighted by Crippen LogP contribution is 2.44. The van der Waals surface area contributed by atoms with Gasteiger partial charge in [-0.1, -0.05) is 70.9 Å². The standard InChI is InChI=1S/C34H49NO6/c1-7-12-25(33(39)30(37)17-23(6)24-13-9-8-10-14-24)18-29(36)32-27-16-11-15-26(27)20-35(32)34(40)28(21(2)3)19-31(38)41-22(4)5/h8-10,13-14,21-23,25-28,32H,7,11-12,15-20H2,1-6H3/t23-,25?,26+,27+,28+,32+/m1/s1. The fourth-order valence-corrected chi connectivity index (χ4v) is 6.80. The number of hydrogen-bond donors (Lipinski definition) is 0. The van der Waals surface area contributed by atoms with Crippen LogP contribution in [0.3, 0.4) is 0 Å². The molecule has 1 saturated heterocycles. The number of hydrogen-bond acceptors (Lipinski definition) is 6. The molecular weight excluding hydrogens is 518 g/mol. The maximum absolute atomic E-state index is 14.0. The summed E-state index contributed by atoms with van der Waals surface area (Å²) in [5.74, 6) is -2.77. The number of nitrogens with zero attached hydrogens (tertiary/aromatic N) is 1. The summed E-state index contributed by atoms with van der Waals surface area (Å²) in [6.45, 7) is 11.8. The fourth-order valence-electron chi connectivity index (χ4n) is 6.80. The molecule has 2 aliphatic rings. The third kappa shape index (κ3) is 8.36. The molecule has 1 aliphatic carbocycles. The molecule has 226 valence electrons. The number of likely N-dealkylation sites (tertiary alicyclic amines) is 1. The molecular formula is C34H49NO6. The van der Waals surface area contributed by atoms with Crippen molar-refractivity contribution in [3.63, 3.8) is 0 Å². The zero-order valence-electron chi connectivity index (χ0n) is 25.8. The normalized spacial score (nSPS) is 22.3. The predicted octanol–water partition coefficient (Wildman–Crippen LogP) is 5.93. The molecule has 0 N–H and O–H groups in total. The maximum Gasteiger partial charge on any atom is 0.306 e. The summed E-state index contributed by atoms with van der Waals surface area (Å²) in [7, 11) is 0. The van der Waals surface area contributed by atoms with Gasteiger partial charge in [0, 0.05) is 25.3 Å². The molecule has 1 aliphatic heterocycles. The quantitative estimate of drug-likeness (QED) is 0.192. The Morgan fingerprint density at radius 1 is 0.927 bits per heavy atom. The third-order valence-corrected chi connectivity index (χ3v) is 8.97. The summed E-state index contributed by atoms with van der Waals surface area (Å²) >= 11 is 0. The highest BCUT2D eigenvalue weighted by molar-refractivity contribution is 6.38. The first-order valence-corrected chi connectivity index (χ1v) is 15.6. The SMILES string of the molecule is CCCC(CC(=O)[C@@H]1[C@H]2CCC[C@H]2CN1C(=O)[C@@H](CC(=O)OC(C)C)C(C)C)C(=O)C(=O)C[C@@H](C)c1ccccc1. The Morgan fingerprint density at radius 3 is 2.22 bits per heavy atom. The first-order chi connectivity index (χ1) is 19.4. The molecule has 2 fully saturated rings. The van der Waals surface area contributed by atoms with Crippen molar-refractivity contribution in [3.8, 4) is 0 Å². The van der Waals surface area contributed by atoms with E-state index in [1.807, 2.05) is 58.0 Å². The number of Topliss-reactive ketones (excluding diaryl/α,β-unsaturated/α-hetero) is 3. The fraction of sp³-hybridized carbons (Fsp3) is 0.676. The summed E-state index contributed by atoms with van der Waals surface area (Å²) in [5.41, 5.74) is 1.00. The molecule has 0 radical (unpaired) electrons. The third-order valence-electron chi connectivity index (χ3n) is 8.97. The second kappa shape index (κ2) is 14.9. The molecule has 3 rings (SSSR count). The van der Waals surface area contributed by atoms with Crippen molar-refractivity contribution < 1.29 is 28.7 Å². The van der Waals surface area contributed by atoms with Crippen LogP contribution in [-0.4, -0.2) is 52.8 Å². The van der Waals surface area contributed by atoms with Crippen LogP contribution in [0, 0.1) is 29.6 Å². The number of amides is 1. The van der Waals surface area contributed by atoms with Crippen molar-refractivity contribution in [1.29, 1.82) is 0 Å². The molecule has 6 atom stereocenters. The summed E-state index contributed by atoms with van der Waals surface area (Å²) < 4.78 is 5.33. The van der Waals surface area contributed by atoms with Crippen molar-refractivity contribution in [2.45, 2.75) is 111 Å². The van der Waals surface area contributed by atoms with E-state index < -0.39 is 35.4 Å². The molecule has 7 nitrogen and oxygen atoms in total. The Morgan fingerprint density at radius 2 is 1.61 bits per heavy atom. The number of ketones is 3. The van der Waals surface area contributed by atoms with Gasteiger partial charge in [-0.15, -0.1) is 0 Å². The van der Waals surface area contributed by atoms with Crippen molar-refractivity contribution >= 4 is 29.2 Å². The van der Waals surface area contributed by atoms with Gasteiger partial charge in [0.05, 0.1) is 24.5 Å². The van der Waals surface area contributed by atoms with Crippen molar-refractivity contribution in [2.75, 3.05) is 6.54 Å². The van der Waals surface area contributed by atoms with Gasteiger partial charge in [0.1, 0.15) is 0 Å². The Balaban J connectivity index is 1.76. The number of carbonyl (C=O) groups excluding carboxylic acids is 5. The van der Waals surface area contributed by atoms with E-state index in [2.05, 4.69) is 0 Å². The first kappa shape index (κ1) is 32.7. The molecule has 1 aromatic carbocycles. The Labute approximate surface area is 245 Å². The minimum absolute atomic E-state index is 0.0214. The lowest BCUT2D eigenvalue weighted by Crippen LogP contribution is -2.48. The van der Waals surface area contributed by atoms with E-state index in [1.165, 1.54) is 0 Å². The molecule has 0 aromatic heterocycles. The summed E-state index contributed by atoms with van der Waals surface area (Å²) in [6.07, 6.45) is 3.78. The van der Waals surface area contributed by atoms with E-state index >= 15 is 0 Å². The van der Waals surface area contributed by atoms with Gasteiger partial charge in [-0.3, -0.25) is 24.0 Å². The molecule has 1 amide bonds. The highest BCUT2D eigenvalue weighted by Gasteiger charge is 2.51. The lowest BCUT2D eigenvalue weighted by molar-refractivity contribution is -0.154. The van der Waals surface area contributed by atoms with Crippen LogP contribution in [0.4, 0.5) is 0 Å².